The van der Waals surface area contributed by atoms with Crippen LogP contribution in [-0.2, 0) is 11.8 Å². The fourth-order valence-corrected chi connectivity index (χ4v) is 6.28. The van der Waals surface area contributed by atoms with Gasteiger partial charge in [-0.1, -0.05) is 30.4 Å². The predicted octanol–water partition coefficient (Wildman–Crippen LogP) is 1.84. The highest BCUT2D eigenvalue weighted by Crippen LogP contribution is 2.62. The third kappa shape index (κ3) is 3.42. The standard InChI is InChI=1S/C17H19NO3.C9H13NO2/c1-18-7-6-17-10-3-5-13(20)16(17)21-15-12(19)4-2-9(14(15)17)8-11(10)18;1-10-6-9(12)7-3-2-4-8(11)5-7/h2-5,10-11,13,16,19-20H,6-8H2,1H3;2-5,9-12H,6H2,1H3/t10-,11+,13-,16-,17-;9-/m00/s1. The van der Waals surface area contributed by atoms with Gasteiger partial charge in [-0.2, -0.15) is 0 Å². The molecule has 0 unspecified atom stereocenters. The first-order chi connectivity index (χ1) is 15.9. The van der Waals surface area contributed by atoms with Crippen molar-refractivity contribution in [2.75, 3.05) is 27.2 Å². The molecular formula is C26H32N2O5. The molecule has 4 aliphatic rings. The molecule has 1 fully saturated rings. The second-order valence-electron chi connectivity index (χ2n) is 9.60. The van der Waals surface area contributed by atoms with Crippen molar-refractivity contribution in [2.45, 2.75) is 42.6 Å². The number of benzene rings is 2. The van der Waals surface area contributed by atoms with E-state index in [0.29, 0.717) is 24.3 Å². The summed E-state index contributed by atoms with van der Waals surface area (Å²) in [6.45, 7) is 1.50. The van der Waals surface area contributed by atoms with Crippen molar-refractivity contribution in [2.24, 2.45) is 5.92 Å². The molecule has 0 saturated carbocycles. The van der Waals surface area contributed by atoms with Crippen LogP contribution in [0.25, 0.3) is 0 Å². The molecule has 0 amide bonds. The van der Waals surface area contributed by atoms with E-state index in [1.807, 2.05) is 12.1 Å². The van der Waals surface area contributed by atoms with E-state index in [1.165, 1.54) is 11.1 Å². The first kappa shape index (κ1) is 22.2. The predicted molar refractivity (Wildman–Crippen MR) is 125 cm³/mol. The largest absolute Gasteiger partial charge is 0.508 e. The lowest BCUT2D eigenvalue weighted by molar-refractivity contribution is -0.0453. The number of nitrogens with one attached hydrogen (secondary N) is 1. The number of phenolic OH excluding ortho intramolecular Hbond substituents is 2. The number of nitrogens with zero attached hydrogens (tertiary/aromatic N) is 1. The zero-order chi connectivity index (χ0) is 23.3. The lowest BCUT2D eigenvalue weighted by Crippen LogP contribution is -2.64. The Morgan fingerprint density at radius 1 is 1.21 bits per heavy atom. The first-order valence-corrected chi connectivity index (χ1v) is 11.6. The van der Waals surface area contributed by atoms with Gasteiger partial charge in [-0.15, -0.1) is 0 Å². The molecule has 176 valence electrons. The molecule has 6 rings (SSSR count). The average Bonchev–Trinajstić information content (AvgIpc) is 3.16. The van der Waals surface area contributed by atoms with E-state index in [9.17, 15) is 15.3 Å². The van der Waals surface area contributed by atoms with Gasteiger partial charge in [-0.05, 0) is 62.8 Å². The van der Waals surface area contributed by atoms with Crippen molar-refractivity contribution in [3.63, 3.8) is 0 Å². The molecule has 0 aromatic heterocycles. The van der Waals surface area contributed by atoms with E-state index in [2.05, 4.69) is 23.3 Å². The van der Waals surface area contributed by atoms with E-state index in [0.717, 1.165) is 24.9 Å². The highest BCUT2D eigenvalue weighted by Gasteiger charge is 2.64. The number of ether oxygens (including phenoxy) is 1. The molecule has 0 radical (unpaired) electrons. The zero-order valence-electron chi connectivity index (χ0n) is 19.0. The van der Waals surface area contributed by atoms with Gasteiger partial charge in [0, 0.05) is 29.5 Å². The number of aromatic hydroxyl groups is 2. The lowest BCUT2D eigenvalue weighted by Gasteiger charge is -2.56. The SMILES string of the molecule is CN1CC[C@]23c4c5ccc(O)c4O[C@H]2[C@@H](O)C=C[C@H]3[C@H]1C5.CNC[C@H](O)c1cccc(O)c1. The maximum atomic E-state index is 10.4. The molecular weight excluding hydrogens is 420 g/mol. The van der Waals surface area contributed by atoms with Crippen molar-refractivity contribution in [1.82, 2.24) is 10.2 Å². The van der Waals surface area contributed by atoms with Crippen LogP contribution < -0.4 is 10.1 Å². The van der Waals surface area contributed by atoms with E-state index in [1.54, 1.807) is 37.4 Å². The summed E-state index contributed by atoms with van der Waals surface area (Å²) in [5.41, 5.74) is 3.02. The Labute approximate surface area is 193 Å². The van der Waals surface area contributed by atoms with E-state index >= 15 is 0 Å². The second kappa shape index (κ2) is 8.33. The van der Waals surface area contributed by atoms with Crippen LogP contribution in [0.5, 0.6) is 17.2 Å². The van der Waals surface area contributed by atoms with Gasteiger partial charge in [0.1, 0.15) is 18.0 Å². The zero-order valence-corrected chi connectivity index (χ0v) is 19.0. The Bertz CT molecular complexity index is 1070. The van der Waals surface area contributed by atoms with Crippen molar-refractivity contribution in [1.29, 1.82) is 0 Å². The summed E-state index contributed by atoms with van der Waals surface area (Å²) in [6, 6.07) is 10.9. The molecule has 1 spiro atoms. The van der Waals surface area contributed by atoms with E-state index in [4.69, 9.17) is 9.84 Å². The third-order valence-corrected chi connectivity index (χ3v) is 7.80. The Hall–Kier alpha value is -2.58. The van der Waals surface area contributed by atoms with Crippen molar-refractivity contribution < 1.29 is 25.2 Å². The minimum absolute atomic E-state index is 0.160. The minimum Gasteiger partial charge on any atom is -0.508 e. The number of hydrogen-bond acceptors (Lipinski definition) is 7. The van der Waals surface area contributed by atoms with Gasteiger partial charge in [-0.3, -0.25) is 0 Å². The van der Waals surface area contributed by atoms with Crippen LogP contribution in [0, 0.1) is 5.92 Å². The molecule has 7 heteroatoms. The quantitative estimate of drug-likeness (QED) is 0.453. The van der Waals surface area contributed by atoms with Gasteiger partial charge in [0.2, 0.25) is 0 Å². The van der Waals surface area contributed by atoms with E-state index < -0.39 is 12.2 Å². The summed E-state index contributed by atoms with van der Waals surface area (Å²) in [5, 5.41) is 42.1. The van der Waals surface area contributed by atoms with Crippen LogP contribution in [0.3, 0.4) is 0 Å². The van der Waals surface area contributed by atoms with Crippen molar-refractivity contribution in [3.05, 3.63) is 65.2 Å². The number of aliphatic hydroxyl groups is 2. The van der Waals surface area contributed by atoms with Crippen molar-refractivity contribution in [3.8, 4) is 17.2 Å². The number of piperidine rings is 1. The third-order valence-electron chi connectivity index (χ3n) is 7.80. The minimum atomic E-state index is -0.594. The molecule has 7 nitrogen and oxygen atoms in total. The highest BCUT2D eigenvalue weighted by atomic mass is 16.5. The summed E-state index contributed by atoms with van der Waals surface area (Å²) in [4.78, 5) is 2.43. The average molecular weight is 453 g/mol. The molecule has 1 saturated heterocycles. The smallest absolute Gasteiger partial charge is 0.165 e. The summed E-state index contributed by atoms with van der Waals surface area (Å²) in [6.07, 6.45) is 4.62. The Morgan fingerprint density at radius 3 is 2.79 bits per heavy atom. The summed E-state index contributed by atoms with van der Waals surface area (Å²) < 4.78 is 6.09. The molecule has 2 aliphatic heterocycles. The molecule has 5 N–H and O–H groups in total. The monoisotopic (exact) mass is 452 g/mol. The fraction of sp³-hybridized carbons (Fsp3) is 0.462. The Balaban J connectivity index is 0.000000164. The number of likely N-dealkylation sites (tertiary alicyclic amines) is 1. The molecule has 2 bridgehead atoms. The number of rotatable bonds is 3. The van der Waals surface area contributed by atoms with Gasteiger partial charge in [-0.25, -0.2) is 0 Å². The lowest BCUT2D eigenvalue weighted by atomic mass is 9.53. The van der Waals surface area contributed by atoms with Crippen LogP contribution in [-0.4, -0.2) is 70.8 Å². The van der Waals surface area contributed by atoms with Crippen molar-refractivity contribution >= 4 is 0 Å². The second-order valence-corrected chi connectivity index (χ2v) is 9.60. The van der Waals surface area contributed by atoms with Gasteiger partial charge in [0.15, 0.2) is 11.5 Å². The molecule has 2 heterocycles. The summed E-state index contributed by atoms with van der Waals surface area (Å²) >= 11 is 0. The van der Waals surface area contributed by atoms with Gasteiger partial charge in [0.25, 0.3) is 0 Å². The fourth-order valence-electron chi connectivity index (χ4n) is 6.28. The molecule has 6 atom stereocenters. The summed E-state index contributed by atoms with van der Waals surface area (Å²) in [5.74, 6) is 1.37. The van der Waals surface area contributed by atoms with Crippen LogP contribution in [0.2, 0.25) is 0 Å². The number of likely N-dealkylation sites (N-methyl/N-ethyl adjacent to an activating group) is 2. The molecule has 33 heavy (non-hydrogen) atoms. The van der Waals surface area contributed by atoms with Gasteiger partial charge in [0.05, 0.1) is 6.10 Å². The first-order valence-electron chi connectivity index (χ1n) is 11.6. The summed E-state index contributed by atoms with van der Waals surface area (Å²) in [7, 11) is 3.96. The topological polar surface area (TPSA) is 105 Å². The number of aliphatic hydroxyl groups excluding tert-OH is 2. The molecule has 2 aliphatic carbocycles. The normalized spacial score (nSPS) is 31.8. The Morgan fingerprint density at radius 2 is 2.03 bits per heavy atom. The number of hydrogen-bond donors (Lipinski definition) is 5. The van der Waals surface area contributed by atoms with Crippen LogP contribution >= 0.6 is 0 Å². The van der Waals surface area contributed by atoms with Crippen LogP contribution in [0.1, 0.15) is 29.2 Å². The maximum absolute atomic E-state index is 10.4. The number of phenols is 2. The van der Waals surface area contributed by atoms with Gasteiger partial charge < -0.3 is 35.4 Å². The van der Waals surface area contributed by atoms with Gasteiger partial charge >= 0.3 is 0 Å². The molecule has 2 aromatic carbocycles. The van der Waals surface area contributed by atoms with Crippen LogP contribution in [0.4, 0.5) is 0 Å². The Kier molecular flexibility index (Phi) is 5.61. The van der Waals surface area contributed by atoms with Crippen LogP contribution in [0.15, 0.2) is 48.6 Å². The highest BCUT2D eigenvalue weighted by molar-refractivity contribution is 5.61. The molecule has 2 aromatic rings. The van der Waals surface area contributed by atoms with E-state index in [-0.39, 0.29) is 23.0 Å². The maximum Gasteiger partial charge on any atom is 0.165 e.